The highest BCUT2D eigenvalue weighted by Gasteiger charge is 2.34. The van der Waals surface area contributed by atoms with Gasteiger partial charge in [-0.3, -0.25) is 0 Å². The van der Waals surface area contributed by atoms with Crippen molar-refractivity contribution in [2.45, 2.75) is 45.2 Å². The molecule has 0 saturated carbocycles. The Hall–Kier alpha value is -0.120. The van der Waals surface area contributed by atoms with Crippen molar-refractivity contribution in [2.75, 3.05) is 7.11 Å². The van der Waals surface area contributed by atoms with Crippen LogP contribution >= 0.6 is 0 Å². The van der Waals surface area contributed by atoms with E-state index in [9.17, 15) is 5.11 Å². The molecule has 1 heterocycles. The summed E-state index contributed by atoms with van der Waals surface area (Å²) < 4.78 is 10.7. The first-order chi connectivity index (χ1) is 5.69. The lowest BCUT2D eigenvalue weighted by molar-refractivity contribution is -0.233. The van der Waals surface area contributed by atoms with Gasteiger partial charge >= 0.3 is 0 Å². The normalized spacial score (nSPS) is 43.0. The number of hydrogen-bond acceptors (Lipinski definition) is 3. The fourth-order valence-electron chi connectivity index (χ4n) is 1.78. The Balaban J connectivity index is 2.56. The average Bonchev–Trinajstić information content (AvgIpc) is 2.03. The standard InChI is InChI=1S/C9H18O3/c1-4-7-8(10)5-6(2)12-9(7)11-3/h6-10H,4-5H2,1-3H3. The molecule has 0 spiro atoms. The zero-order chi connectivity index (χ0) is 9.14. The Morgan fingerprint density at radius 1 is 1.58 bits per heavy atom. The molecular formula is C9H18O3. The van der Waals surface area contributed by atoms with E-state index in [1.54, 1.807) is 7.11 Å². The fourth-order valence-corrected chi connectivity index (χ4v) is 1.78. The van der Waals surface area contributed by atoms with Gasteiger partial charge in [0.1, 0.15) is 0 Å². The molecule has 1 rings (SSSR count). The van der Waals surface area contributed by atoms with Crippen LogP contribution in [-0.2, 0) is 9.47 Å². The molecular weight excluding hydrogens is 156 g/mol. The Kier molecular flexibility index (Phi) is 3.50. The van der Waals surface area contributed by atoms with E-state index in [1.165, 1.54) is 0 Å². The second kappa shape index (κ2) is 4.21. The molecule has 3 heteroatoms. The van der Waals surface area contributed by atoms with Crippen LogP contribution in [0, 0.1) is 5.92 Å². The summed E-state index contributed by atoms with van der Waals surface area (Å²) in [5, 5.41) is 9.68. The van der Waals surface area contributed by atoms with Crippen LogP contribution in [0.2, 0.25) is 0 Å². The van der Waals surface area contributed by atoms with Gasteiger partial charge in [-0.25, -0.2) is 0 Å². The molecule has 0 aromatic heterocycles. The highest BCUT2D eigenvalue weighted by Crippen LogP contribution is 2.27. The summed E-state index contributed by atoms with van der Waals surface area (Å²) in [7, 11) is 1.62. The van der Waals surface area contributed by atoms with Gasteiger partial charge in [-0.15, -0.1) is 0 Å². The quantitative estimate of drug-likeness (QED) is 0.682. The first-order valence-corrected chi connectivity index (χ1v) is 4.55. The van der Waals surface area contributed by atoms with E-state index >= 15 is 0 Å². The molecule has 0 aliphatic carbocycles. The van der Waals surface area contributed by atoms with Gasteiger partial charge in [0.05, 0.1) is 12.2 Å². The van der Waals surface area contributed by atoms with Gasteiger partial charge < -0.3 is 14.6 Å². The van der Waals surface area contributed by atoms with E-state index in [0.717, 1.165) is 12.8 Å². The number of aliphatic hydroxyl groups excluding tert-OH is 1. The van der Waals surface area contributed by atoms with Crippen molar-refractivity contribution >= 4 is 0 Å². The summed E-state index contributed by atoms with van der Waals surface area (Å²) in [5.74, 6) is 0.131. The highest BCUT2D eigenvalue weighted by atomic mass is 16.7. The molecule has 1 fully saturated rings. The van der Waals surface area contributed by atoms with Crippen molar-refractivity contribution in [3.05, 3.63) is 0 Å². The van der Waals surface area contributed by atoms with E-state index in [1.807, 2.05) is 13.8 Å². The summed E-state index contributed by atoms with van der Waals surface area (Å²) in [5.41, 5.74) is 0. The van der Waals surface area contributed by atoms with E-state index in [2.05, 4.69) is 0 Å². The molecule has 72 valence electrons. The summed E-state index contributed by atoms with van der Waals surface area (Å²) >= 11 is 0. The summed E-state index contributed by atoms with van der Waals surface area (Å²) in [4.78, 5) is 0. The summed E-state index contributed by atoms with van der Waals surface area (Å²) in [6.45, 7) is 4.00. The third-order valence-electron chi connectivity index (χ3n) is 2.49. The number of hydrogen-bond donors (Lipinski definition) is 1. The highest BCUT2D eigenvalue weighted by molar-refractivity contribution is 4.78. The maximum atomic E-state index is 9.68. The fraction of sp³-hybridized carbons (Fsp3) is 1.00. The molecule has 1 N–H and O–H groups in total. The number of methoxy groups -OCH3 is 1. The monoisotopic (exact) mass is 174 g/mol. The molecule has 4 unspecified atom stereocenters. The maximum Gasteiger partial charge on any atom is 0.162 e. The Morgan fingerprint density at radius 2 is 2.25 bits per heavy atom. The van der Waals surface area contributed by atoms with Crippen LogP contribution in [-0.4, -0.2) is 30.7 Å². The molecule has 0 bridgehead atoms. The van der Waals surface area contributed by atoms with Crippen LogP contribution in [0.1, 0.15) is 26.7 Å². The Bertz CT molecular complexity index is 138. The molecule has 3 nitrogen and oxygen atoms in total. The van der Waals surface area contributed by atoms with Gasteiger partial charge in [0.2, 0.25) is 0 Å². The lowest BCUT2D eigenvalue weighted by atomic mass is 9.92. The summed E-state index contributed by atoms with van der Waals surface area (Å²) in [6, 6.07) is 0. The first-order valence-electron chi connectivity index (χ1n) is 4.55. The molecule has 0 aromatic rings. The molecule has 0 amide bonds. The SMILES string of the molecule is CCC1C(O)CC(C)OC1OC. The largest absolute Gasteiger partial charge is 0.393 e. The Labute approximate surface area is 73.7 Å². The van der Waals surface area contributed by atoms with E-state index < -0.39 is 0 Å². The second-order valence-corrected chi connectivity index (χ2v) is 3.43. The molecule has 1 saturated heterocycles. The maximum absolute atomic E-state index is 9.68. The molecule has 0 radical (unpaired) electrons. The van der Waals surface area contributed by atoms with Crippen molar-refractivity contribution < 1.29 is 14.6 Å². The van der Waals surface area contributed by atoms with Gasteiger partial charge in [-0.1, -0.05) is 6.92 Å². The van der Waals surface area contributed by atoms with Crippen LogP contribution in [0.15, 0.2) is 0 Å². The lowest BCUT2D eigenvalue weighted by Crippen LogP contribution is -2.43. The first kappa shape index (κ1) is 9.96. The second-order valence-electron chi connectivity index (χ2n) is 3.43. The zero-order valence-electron chi connectivity index (χ0n) is 7.99. The molecule has 0 aromatic carbocycles. The van der Waals surface area contributed by atoms with Crippen LogP contribution < -0.4 is 0 Å². The lowest BCUT2D eigenvalue weighted by Gasteiger charge is -2.37. The minimum atomic E-state index is -0.274. The van der Waals surface area contributed by atoms with Crippen LogP contribution in [0.5, 0.6) is 0 Å². The molecule has 1 aliphatic rings. The van der Waals surface area contributed by atoms with Crippen molar-refractivity contribution in [2.24, 2.45) is 5.92 Å². The van der Waals surface area contributed by atoms with Gasteiger partial charge in [0.15, 0.2) is 6.29 Å². The predicted octanol–water partition coefficient (Wildman–Crippen LogP) is 1.15. The van der Waals surface area contributed by atoms with Gasteiger partial charge in [-0.2, -0.15) is 0 Å². The zero-order valence-corrected chi connectivity index (χ0v) is 7.99. The van der Waals surface area contributed by atoms with Gasteiger partial charge in [0.25, 0.3) is 0 Å². The third-order valence-corrected chi connectivity index (χ3v) is 2.49. The van der Waals surface area contributed by atoms with Crippen molar-refractivity contribution in [1.29, 1.82) is 0 Å². The molecule has 4 atom stereocenters. The van der Waals surface area contributed by atoms with Crippen LogP contribution in [0.3, 0.4) is 0 Å². The number of rotatable bonds is 2. The van der Waals surface area contributed by atoms with E-state index in [-0.39, 0.29) is 24.4 Å². The minimum absolute atomic E-state index is 0.104. The molecule has 12 heavy (non-hydrogen) atoms. The van der Waals surface area contributed by atoms with Gasteiger partial charge in [0, 0.05) is 13.0 Å². The minimum Gasteiger partial charge on any atom is -0.393 e. The van der Waals surface area contributed by atoms with E-state index in [0.29, 0.717) is 0 Å². The summed E-state index contributed by atoms with van der Waals surface area (Å²) in [6.07, 6.45) is 1.22. The van der Waals surface area contributed by atoms with Crippen molar-refractivity contribution in [3.8, 4) is 0 Å². The average molecular weight is 174 g/mol. The van der Waals surface area contributed by atoms with Crippen LogP contribution in [0.25, 0.3) is 0 Å². The van der Waals surface area contributed by atoms with Gasteiger partial charge in [-0.05, 0) is 19.8 Å². The number of ether oxygens (including phenoxy) is 2. The van der Waals surface area contributed by atoms with Crippen molar-refractivity contribution in [1.82, 2.24) is 0 Å². The topological polar surface area (TPSA) is 38.7 Å². The number of aliphatic hydroxyl groups is 1. The Morgan fingerprint density at radius 3 is 2.75 bits per heavy atom. The van der Waals surface area contributed by atoms with Crippen LogP contribution in [0.4, 0.5) is 0 Å². The smallest absolute Gasteiger partial charge is 0.162 e. The van der Waals surface area contributed by atoms with Crippen molar-refractivity contribution in [3.63, 3.8) is 0 Å². The third kappa shape index (κ3) is 1.97. The molecule has 1 aliphatic heterocycles. The van der Waals surface area contributed by atoms with E-state index in [4.69, 9.17) is 9.47 Å². The predicted molar refractivity (Wildman–Crippen MR) is 45.7 cm³/mol.